The van der Waals surface area contributed by atoms with Crippen molar-refractivity contribution in [2.24, 2.45) is 0 Å². The summed E-state index contributed by atoms with van der Waals surface area (Å²) in [4.78, 5) is 14.5. The maximum absolute atomic E-state index is 12.5. The van der Waals surface area contributed by atoms with Gasteiger partial charge in [0.15, 0.2) is 0 Å². The molecule has 1 N–H and O–H groups in total. The third kappa shape index (κ3) is 2.52. The highest BCUT2D eigenvalue weighted by Gasteiger charge is 2.23. The second-order valence-corrected chi connectivity index (χ2v) is 3.91. The molecular weight excluding hydrogens is 340 g/mol. The van der Waals surface area contributed by atoms with Gasteiger partial charge in [-0.1, -0.05) is 15.9 Å². The molecule has 1 aromatic rings. The van der Waals surface area contributed by atoms with Crippen molar-refractivity contribution in [2.75, 3.05) is 0 Å². The monoisotopic (exact) mass is 343 g/mol. The van der Waals surface area contributed by atoms with Crippen molar-refractivity contribution in [3.8, 4) is 0 Å². The van der Waals surface area contributed by atoms with Crippen LogP contribution in [0.15, 0.2) is 10.8 Å². The number of carbonyl (C=O) groups is 1. The molecular formula is C8H5Br2F2NO2. The van der Waals surface area contributed by atoms with E-state index < -0.39 is 23.5 Å². The van der Waals surface area contributed by atoms with E-state index in [1.54, 1.807) is 0 Å². The highest BCUT2D eigenvalue weighted by atomic mass is 79.9. The van der Waals surface area contributed by atoms with E-state index in [-0.39, 0.29) is 15.5 Å². The Labute approximate surface area is 101 Å². The normalized spacial score (nSPS) is 10.7. The van der Waals surface area contributed by atoms with Crippen LogP contribution in [0.3, 0.4) is 0 Å². The van der Waals surface area contributed by atoms with Crippen molar-refractivity contribution in [1.82, 2.24) is 4.98 Å². The van der Waals surface area contributed by atoms with Gasteiger partial charge in [0.25, 0.3) is 6.43 Å². The van der Waals surface area contributed by atoms with Crippen LogP contribution in [0.2, 0.25) is 0 Å². The van der Waals surface area contributed by atoms with Crippen molar-refractivity contribution in [3.05, 3.63) is 27.5 Å². The lowest BCUT2D eigenvalue weighted by Gasteiger charge is -2.09. The Morgan fingerprint density at radius 2 is 2.20 bits per heavy atom. The zero-order valence-corrected chi connectivity index (χ0v) is 10.3. The van der Waals surface area contributed by atoms with Crippen LogP contribution in [-0.2, 0) is 5.33 Å². The summed E-state index contributed by atoms with van der Waals surface area (Å²) < 4.78 is 25.3. The first-order chi connectivity index (χ1) is 6.99. The first-order valence-electron chi connectivity index (χ1n) is 3.73. The molecule has 0 aromatic carbocycles. The van der Waals surface area contributed by atoms with Gasteiger partial charge in [-0.2, -0.15) is 0 Å². The summed E-state index contributed by atoms with van der Waals surface area (Å²) in [6, 6.07) is 0. The van der Waals surface area contributed by atoms with Crippen LogP contribution in [0.4, 0.5) is 8.78 Å². The van der Waals surface area contributed by atoms with Gasteiger partial charge in [0.1, 0.15) is 4.60 Å². The number of nitrogens with zero attached hydrogens (tertiary/aromatic N) is 1. The number of pyridine rings is 1. The van der Waals surface area contributed by atoms with Gasteiger partial charge in [-0.3, -0.25) is 0 Å². The highest BCUT2D eigenvalue weighted by molar-refractivity contribution is 9.10. The van der Waals surface area contributed by atoms with E-state index in [9.17, 15) is 13.6 Å². The highest BCUT2D eigenvalue weighted by Crippen LogP contribution is 2.29. The predicted molar refractivity (Wildman–Crippen MR) is 56.5 cm³/mol. The number of aromatic carboxylic acids is 1. The topological polar surface area (TPSA) is 50.2 Å². The molecule has 0 fully saturated rings. The molecule has 0 spiro atoms. The van der Waals surface area contributed by atoms with Crippen LogP contribution in [-0.4, -0.2) is 16.1 Å². The summed E-state index contributed by atoms with van der Waals surface area (Å²) in [6.07, 6.45) is -1.99. The minimum atomic E-state index is -2.85. The summed E-state index contributed by atoms with van der Waals surface area (Å²) in [5, 5.41) is 8.99. The van der Waals surface area contributed by atoms with Gasteiger partial charge in [0.2, 0.25) is 0 Å². The van der Waals surface area contributed by atoms with E-state index >= 15 is 0 Å². The molecule has 3 nitrogen and oxygen atoms in total. The molecule has 0 saturated carbocycles. The molecule has 7 heteroatoms. The Balaban J connectivity index is 3.49. The molecule has 0 aliphatic rings. The third-order valence-corrected chi connectivity index (χ3v) is 2.98. The molecule has 0 aliphatic carbocycles. The average Bonchev–Trinajstić information content (AvgIpc) is 2.16. The molecule has 0 radical (unpaired) electrons. The van der Waals surface area contributed by atoms with E-state index in [4.69, 9.17) is 5.11 Å². The number of alkyl halides is 3. The maximum Gasteiger partial charge on any atom is 0.336 e. The van der Waals surface area contributed by atoms with Crippen molar-refractivity contribution < 1.29 is 18.7 Å². The first-order valence-corrected chi connectivity index (χ1v) is 5.65. The third-order valence-electron chi connectivity index (χ3n) is 1.74. The van der Waals surface area contributed by atoms with Gasteiger partial charge in [0.05, 0.1) is 11.1 Å². The van der Waals surface area contributed by atoms with Gasteiger partial charge in [-0.15, -0.1) is 0 Å². The Morgan fingerprint density at radius 3 is 2.60 bits per heavy atom. The number of aromatic nitrogens is 1. The van der Waals surface area contributed by atoms with Gasteiger partial charge in [-0.25, -0.2) is 18.6 Å². The SMILES string of the molecule is O=C(O)c1c(C(F)F)cnc(Br)c1CBr. The van der Waals surface area contributed by atoms with E-state index in [0.717, 1.165) is 6.20 Å². The first kappa shape index (κ1) is 12.5. The predicted octanol–water partition coefficient (Wildman–Crippen LogP) is 3.37. The van der Waals surface area contributed by atoms with Crippen molar-refractivity contribution in [1.29, 1.82) is 0 Å². The minimum Gasteiger partial charge on any atom is -0.478 e. The summed E-state index contributed by atoms with van der Waals surface area (Å²) in [5.74, 6) is -1.39. The summed E-state index contributed by atoms with van der Waals surface area (Å²) >= 11 is 6.04. The van der Waals surface area contributed by atoms with E-state index in [0.29, 0.717) is 0 Å². The zero-order valence-electron chi connectivity index (χ0n) is 7.18. The molecule has 15 heavy (non-hydrogen) atoms. The van der Waals surface area contributed by atoms with E-state index in [2.05, 4.69) is 36.8 Å². The number of rotatable bonds is 3. The summed E-state index contributed by atoms with van der Waals surface area (Å²) in [7, 11) is 0. The van der Waals surface area contributed by atoms with Gasteiger partial charge in [-0.05, 0) is 15.9 Å². The molecule has 0 saturated heterocycles. The van der Waals surface area contributed by atoms with Gasteiger partial charge in [0, 0.05) is 17.1 Å². The van der Waals surface area contributed by atoms with Crippen LogP contribution in [0.5, 0.6) is 0 Å². The lowest BCUT2D eigenvalue weighted by Crippen LogP contribution is -2.09. The lowest BCUT2D eigenvalue weighted by atomic mass is 10.1. The average molecular weight is 345 g/mol. The quantitative estimate of drug-likeness (QED) is 0.675. The van der Waals surface area contributed by atoms with Crippen LogP contribution in [0.25, 0.3) is 0 Å². The number of carboxylic acids is 1. The van der Waals surface area contributed by atoms with Gasteiger partial charge < -0.3 is 5.11 Å². The van der Waals surface area contributed by atoms with E-state index in [1.165, 1.54) is 0 Å². The standard InChI is InChI=1S/C8H5Br2F2NO2/c9-1-3-5(8(14)15)4(7(11)12)2-13-6(3)10/h2,7H,1H2,(H,14,15). The van der Waals surface area contributed by atoms with Crippen molar-refractivity contribution >= 4 is 37.8 Å². The molecule has 1 aromatic heterocycles. The second-order valence-electron chi connectivity index (χ2n) is 2.60. The zero-order chi connectivity index (χ0) is 11.6. The Morgan fingerprint density at radius 1 is 1.60 bits per heavy atom. The molecule has 0 bridgehead atoms. The Bertz CT molecular complexity index is 398. The molecule has 0 atom stereocenters. The molecule has 0 amide bonds. The second kappa shape index (κ2) is 4.98. The van der Waals surface area contributed by atoms with Crippen LogP contribution >= 0.6 is 31.9 Å². The molecule has 0 unspecified atom stereocenters. The lowest BCUT2D eigenvalue weighted by molar-refractivity contribution is 0.0683. The largest absolute Gasteiger partial charge is 0.478 e. The van der Waals surface area contributed by atoms with Crippen molar-refractivity contribution in [2.45, 2.75) is 11.8 Å². The summed E-state index contributed by atoms with van der Waals surface area (Å²) in [5.41, 5.74) is -0.760. The minimum absolute atomic E-state index is 0.142. The molecule has 82 valence electrons. The number of hydrogen-bond acceptors (Lipinski definition) is 2. The molecule has 0 aliphatic heterocycles. The maximum atomic E-state index is 12.5. The van der Waals surface area contributed by atoms with Crippen LogP contribution < -0.4 is 0 Å². The van der Waals surface area contributed by atoms with Crippen LogP contribution in [0.1, 0.15) is 27.9 Å². The fraction of sp³-hybridized carbons (Fsp3) is 0.250. The van der Waals surface area contributed by atoms with Crippen molar-refractivity contribution in [3.63, 3.8) is 0 Å². The number of hydrogen-bond donors (Lipinski definition) is 1. The smallest absolute Gasteiger partial charge is 0.336 e. The molecule has 1 rings (SSSR count). The molecule has 1 heterocycles. The van der Waals surface area contributed by atoms with Crippen LogP contribution in [0, 0.1) is 0 Å². The summed E-state index contributed by atoms with van der Waals surface area (Å²) in [6.45, 7) is 0. The number of halogens is 4. The number of carboxylic acid groups (broad SMARTS) is 1. The fourth-order valence-corrected chi connectivity index (χ4v) is 2.45. The van der Waals surface area contributed by atoms with E-state index in [1.807, 2.05) is 0 Å². The Hall–Kier alpha value is -0.560. The van der Waals surface area contributed by atoms with Gasteiger partial charge >= 0.3 is 5.97 Å². The Kier molecular flexibility index (Phi) is 4.15. The fourth-order valence-electron chi connectivity index (χ4n) is 1.09.